The van der Waals surface area contributed by atoms with Gasteiger partial charge in [-0.25, -0.2) is 0 Å². The lowest BCUT2D eigenvalue weighted by Gasteiger charge is -2.35. The minimum absolute atomic E-state index is 0.000306. The van der Waals surface area contributed by atoms with Crippen molar-refractivity contribution in [2.45, 2.75) is 17.0 Å². The highest BCUT2D eigenvalue weighted by Crippen LogP contribution is 2.36. The molecule has 1 saturated heterocycles. The summed E-state index contributed by atoms with van der Waals surface area (Å²) in [6.45, 7) is -2.32. The summed E-state index contributed by atoms with van der Waals surface area (Å²) in [5.74, 6) is -1.08. The second kappa shape index (κ2) is 9.54. The van der Waals surface area contributed by atoms with Crippen LogP contribution in [0.2, 0.25) is 0 Å². The van der Waals surface area contributed by atoms with Crippen molar-refractivity contribution in [3.8, 4) is 5.75 Å². The van der Waals surface area contributed by atoms with Gasteiger partial charge in [0, 0.05) is 36.6 Å². The molecule has 0 radical (unpaired) electrons. The second-order valence-electron chi connectivity index (χ2n) is 6.53. The molecule has 3 rings (SSSR count). The number of carbonyl (C=O) groups is 2. The lowest BCUT2D eigenvalue weighted by Crippen LogP contribution is -2.50. The van der Waals surface area contributed by atoms with Gasteiger partial charge in [-0.15, -0.1) is 0 Å². The number of alkyl halides is 5. The lowest BCUT2D eigenvalue weighted by atomic mass is 10.1. The Bertz CT molecular complexity index is 929. The first-order chi connectivity index (χ1) is 14.6. The van der Waals surface area contributed by atoms with Gasteiger partial charge in [-0.3, -0.25) is 9.59 Å². The van der Waals surface area contributed by atoms with Gasteiger partial charge in [-0.1, -0.05) is 12.1 Å². The number of piperazine rings is 1. The fraction of sp³-hybridized carbons (Fsp3) is 0.300. The minimum atomic E-state index is -4.41. The highest BCUT2D eigenvalue weighted by Gasteiger charge is 2.30. The molecule has 1 aliphatic heterocycles. The summed E-state index contributed by atoms with van der Waals surface area (Å²) in [7, 11) is 0. The number of hydrogen-bond donors (Lipinski definition) is 0. The number of thioether (sulfide) groups is 1. The van der Waals surface area contributed by atoms with Gasteiger partial charge in [-0.05, 0) is 48.2 Å². The van der Waals surface area contributed by atoms with E-state index in [0.29, 0.717) is 0 Å². The maximum atomic E-state index is 12.7. The zero-order chi connectivity index (χ0) is 22.6. The van der Waals surface area contributed by atoms with Crippen LogP contribution in [0.15, 0.2) is 53.4 Å². The van der Waals surface area contributed by atoms with Crippen LogP contribution in [0, 0.1) is 0 Å². The number of benzene rings is 2. The Morgan fingerprint density at radius 2 is 1.42 bits per heavy atom. The lowest BCUT2D eigenvalue weighted by molar-refractivity contribution is -0.0503. The van der Waals surface area contributed by atoms with Crippen molar-refractivity contribution in [3.63, 3.8) is 0 Å². The van der Waals surface area contributed by atoms with Crippen molar-refractivity contribution in [1.29, 1.82) is 0 Å². The Balaban J connectivity index is 1.60. The zero-order valence-electron chi connectivity index (χ0n) is 15.9. The number of rotatable bonds is 5. The minimum Gasteiger partial charge on any atom is -0.434 e. The van der Waals surface area contributed by atoms with E-state index in [0.717, 1.165) is 0 Å². The molecule has 0 unspecified atom stereocenters. The first-order valence-electron chi connectivity index (χ1n) is 9.12. The molecule has 1 fully saturated rings. The van der Waals surface area contributed by atoms with Crippen LogP contribution >= 0.6 is 11.8 Å². The maximum Gasteiger partial charge on any atom is 0.446 e. The van der Waals surface area contributed by atoms with Gasteiger partial charge in [0.1, 0.15) is 5.75 Å². The van der Waals surface area contributed by atoms with E-state index in [2.05, 4.69) is 4.74 Å². The topological polar surface area (TPSA) is 49.9 Å². The third-order valence-corrected chi connectivity index (χ3v) is 5.26. The summed E-state index contributed by atoms with van der Waals surface area (Å²) in [5.41, 5.74) is -4.17. The predicted molar refractivity (Wildman–Crippen MR) is 103 cm³/mol. The molecule has 2 aromatic rings. The van der Waals surface area contributed by atoms with E-state index in [4.69, 9.17) is 0 Å². The standard InChI is InChI=1S/C20H17F5N2O3S/c21-19(22)30-16-4-2-1-3-15(16)18(29)27-11-9-26(10-12-27)17(28)13-5-7-14(8-6-13)31-20(23,24)25/h1-8,19H,9-12H2. The Kier molecular flexibility index (Phi) is 7.04. The van der Waals surface area contributed by atoms with Crippen molar-refractivity contribution in [3.05, 3.63) is 59.7 Å². The van der Waals surface area contributed by atoms with Gasteiger partial charge in [-0.2, -0.15) is 22.0 Å². The molecule has 2 aromatic carbocycles. The smallest absolute Gasteiger partial charge is 0.434 e. The Morgan fingerprint density at radius 1 is 0.871 bits per heavy atom. The van der Waals surface area contributed by atoms with Crippen molar-refractivity contribution < 1.29 is 36.3 Å². The van der Waals surface area contributed by atoms with Crippen molar-refractivity contribution in [2.75, 3.05) is 26.2 Å². The average Bonchev–Trinajstić information content (AvgIpc) is 2.72. The summed E-state index contributed by atoms with van der Waals surface area (Å²) in [4.78, 5) is 28.2. The molecular weight excluding hydrogens is 443 g/mol. The molecule has 166 valence electrons. The third kappa shape index (κ3) is 6.09. The summed E-state index contributed by atoms with van der Waals surface area (Å²) in [5, 5.41) is 0. The van der Waals surface area contributed by atoms with E-state index in [1.54, 1.807) is 0 Å². The SMILES string of the molecule is O=C(c1ccc(SC(F)(F)F)cc1)N1CCN(C(=O)c2ccccc2OC(F)F)CC1. The second-order valence-corrected chi connectivity index (χ2v) is 7.67. The summed E-state index contributed by atoms with van der Waals surface area (Å²) in [6.07, 6.45) is 0. The molecule has 0 atom stereocenters. The van der Waals surface area contributed by atoms with Crippen LogP contribution in [0.4, 0.5) is 22.0 Å². The van der Waals surface area contributed by atoms with Gasteiger partial charge >= 0.3 is 12.1 Å². The van der Waals surface area contributed by atoms with Crippen molar-refractivity contribution >= 4 is 23.6 Å². The molecule has 11 heteroatoms. The van der Waals surface area contributed by atoms with Crippen LogP contribution < -0.4 is 4.74 Å². The molecule has 0 aromatic heterocycles. The first kappa shape index (κ1) is 22.9. The predicted octanol–water partition coefficient (Wildman–Crippen LogP) is 4.50. The van der Waals surface area contributed by atoms with Gasteiger partial charge < -0.3 is 14.5 Å². The molecule has 0 saturated carbocycles. The highest BCUT2D eigenvalue weighted by molar-refractivity contribution is 8.00. The van der Waals surface area contributed by atoms with Crippen molar-refractivity contribution in [2.24, 2.45) is 0 Å². The molecule has 31 heavy (non-hydrogen) atoms. The van der Waals surface area contributed by atoms with E-state index in [9.17, 15) is 31.5 Å². The summed E-state index contributed by atoms with van der Waals surface area (Å²) < 4.78 is 66.8. The van der Waals surface area contributed by atoms with Crippen LogP contribution in [0.25, 0.3) is 0 Å². The number of carbonyl (C=O) groups excluding carboxylic acids is 2. The molecule has 5 nitrogen and oxygen atoms in total. The number of ether oxygens (including phenoxy) is 1. The first-order valence-corrected chi connectivity index (χ1v) is 9.94. The Morgan fingerprint density at radius 3 is 1.97 bits per heavy atom. The summed E-state index contributed by atoms with van der Waals surface area (Å²) in [6, 6.07) is 10.8. The molecule has 0 bridgehead atoms. The van der Waals surface area contributed by atoms with Crippen LogP contribution in [-0.2, 0) is 0 Å². The Hall–Kier alpha value is -2.82. The normalized spacial score (nSPS) is 14.6. The van der Waals surface area contributed by atoms with Gasteiger partial charge in [0.15, 0.2) is 0 Å². The van der Waals surface area contributed by atoms with E-state index >= 15 is 0 Å². The fourth-order valence-electron chi connectivity index (χ4n) is 3.11. The van der Waals surface area contributed by atoms with Crippen LogP contribution in [0.3, 0.4) is 0 Å². The maximum absolute atomic E-state index is 12.7. The molecule has 0 N–H and O–H groups in total. The Labute approximate surface area is 178 Å². The van der Waals surface area contributed by atoms with E-state index in [1.807, 2.05) is 0 Å². The average molecular weight is 460 g/mol. The molecule has 0 spiro atoms. The number of amides is 2. The quantitative estimate of drug-likeness (QED) is 0.487. The largest absolute Gasteiger partial charge is 0.446 e. The molecular formula is C20H17F5N2O3S. The molecule has 2 amide bonds. The van der Waals surface area contributed by atoms with E-state index in [-0.39, 0.29) is 65.6 Å². The van der Waals surface area contributed by atoms with E-state index < -0.39 is 18.0 Å². The monoisotopic (exact) mass is 460 g/mol. The van der Waals surface area contributed by atoms with Gasteiger partial charge in [0.25, 0.3) is 11.8 Å². The molecule has 1 aliphatic rings. The zero-order valence-corrected chi connectivity index (χ0v) is 16.8. The third-order valence-electron chi connectivity index (χ3n) is 4.52. The number of para-hydroxylation sites is 1. The van der Waals surface area contributed by atoms with Crippen LogP contribution in [0.5, 0.6) is 5.75 Å². The highest BCUT2D eigenvalue weighted by atomic mass is 32.2. The molecule has 0 aliphatic carbocycles. The summed E-state index contributed by atoms with van der Waals surface area (Å²) >= 11 is -0.263. The van der Waals surface area contributed by atoms with Gasteiger partial charge in [0.05, 0.1) is 5.56 Å². The van der Waals surface area contributed by atoms with E-state index in [1.165, 1.54) is 58.3 Å². The fourth-order valence-corrected chi connectivity index (χ4v) is 3.65. The number of hydrogen-bond acceptors (Lipinski definition) is 4. The van der Waals surface area contributed by atoms with Gasteiger partial charge in [0.2, 0.25) is 0 Å². The van der Waals surface area contributed by atoms with Crippen molar-refractivity contribution in [1.82, 2.24) is 9.80 Å². The number of halogens is 5. The van der Waals surface area contributed by atoms with Crippen LogP contribution in [0.1, 0.15) is 20.7 Å². The number of nitrogens with zero attached hydrogens (tertiary/aromatic N) is 2. The van der Waals surface area contributed by atoms with Crippen LogP contribution in [-0.4, -0.2) is 59.9 Å². The molecule has 1 heterocycles.